The average Bonchev–Trinajstić information content (AvgIpc) is 2.59. The molecule has 1 aromatic rings. The van der Waals surface area contributed by atoms with E-state index in [1.165, 1.54) is 43.2 Å². The summed E-state index contributed by atoms with van der Waals surface area (Å²) in [6, 6.07) is 8.97. The maximum absolute atomic E-state index is 5.56. The fourth-order valence-corrected chi connectivity index (χ4v) is 2.99. The zero-order valence-electron chi connectivity index (χ0n) is 15.0. The fraction of sp³-hybridized carbons (Fsp3) is 0.632. The highest BCUT2D eigenvalue weighted by Crippen LogP contribution is 2.17. The Labute approximate surface area is 163 Å². The predicted molar refractivity (Wildman–Crippen MR) is 112 cm³/mol. The minimum Gasteiger partial charge on any atom is -0.377 e. The molecule has 0 aromatic heterocycles. The Morgan fingerprint density at radius 1 is 1.12 bits per heavy atom. The second kappa shape index (κ2) is 12.5. The molecular formula is C19H32IN3O. The van der Waals surface area contributed by atoms with Gasteiger partial charge in [-0.05, 0) is 37.8 Å². The standard InChI is InChI=1S/C19H31N3O.HI/c1-3-20-19(22-18-12-6-5-7-13-18)21-14-16-10-8-9-11-17(16)15-23-4-2;/h8-11,18H,3-7,12-15H2,1-2H3,(H2,20,21,22);1H. The molecule has 0 bridgehead atoms. The molecule has 0 atom stereocenters. The highest BCUT2D eigenvalue weighted by atomic mass is 127. The Kier molecular flexibility index (Phi) is 11.1. The summed E-state index contributed by atoms with van der Waals surface area (Å²) in [7, 11) is 0. The van der Waals surface area contributed by atoms with Gasteiger partial charge in [0.25, 0.3) is 0 Å². The number of nitrogens with zero attached hydrogens (tertiary/aromatic N) is 1. The lowest BCUT2D eigenvalue weighted by Crippen LogP contribution is -2.44. The Morgan fingerprint density at radius 2 is 1.83 bits per heavy atom. The summed E-state index contributed by atoms with van der Waals surface area (Å²) < 4.78 is 5.56. The Bertz CT molecular complexity index is 487. The molecule has 0 saturated heterocycles. The summed E-state index contributed by atoms with van der Waals surface area (Å²) in [5, 5.41) is 6.97. The number of benzene rings is 1. The molecule has 4 nitrogen and oxygen atoms in total. The lowest BCUT2D eigenvalue weighted by Gasteiger charge is -2.25. The molecule has 5 heteroatoms. The molecule has 2 N–H and O–H groups in total. The number of guanidine groups is 1. The van der Waals surface area contributed by atoms with Crippen molar-refractivity contribution in [3.8, 4) is 0 Å². The van der Waals surface area contributed by atoms with Crippen molar-refractivity contribution in [1.82, 2.24) is 10.6 Å². The molecule has 0 aliphatic heterocycles. The van der Waals surface area contributed by atoms with Crippen molar-refractivity contribution in [3.63, 3.8) is 0 Å². The van der Waals surface area contributed by atoms with Gasteiger partial charge in [0.2, 0.25) is 0 Å². The van der Waals surface area contributed by atoms with Crippen molar-refractivity contribution in [1.29, 1.82) is 0 Å². The zero-order valence-corrected chi connectivity index (χ0v) is 17.3. The molecule has 0 heterocycles. The van der Waals surface area contributed by atoms with Crippen LogP contribution >= 0.6 is 24.0 Å². The van der Waals surface area contributed by atoms with Crippen LogP contribution in [0.15, 0.2) is 29.3 Å². The number of hydrogen-bond donors (Lipinski definition) is 2. The van der Waals surface area contributed by atoms with E-state index in [-0.39, 0.29) is 24.0 Å². The quantitative estimate of drug-likeness (QED) is 0.375. The van der Waals surface area contributed by atoms with Crippen LogP contribution in [0.1, 0.15) is 57.1 Å². The van der Waals surface area contributed by atoms with Gasteiger partial charge in [-0.15, -0.1) is 24.0 Å². The normalized spacial score (nSPS) is 15.7. The van der Waals surface area contributed by atoms with Gasteiger partial charge >= 0.3 is 0 Å². The van der Waals surface area contributed by atoms with Crippen molar-refractivity contribution in [2.45, 2.75) is 65.1 Å². The highest BCUT2D eigenvalue weighted by Gasteiger charge is 2.14. The Balaban J connectivity index is 0.00000288. The van der Waals surface area contributed by atoms with Crippen molar-refractivity contribution < 1.29 is 4.74 Å². The largest absolute Gasteiger partial charge is 0.377 e. The van der Waals surface area contributed by atoms with E-state index < -0.39 is 0 Å². The van der Waals surface area contributed by atoms with Crippen LogP contribution in [0, 0.1) is 0 Å². The minimum absolute atomic E-state index is 0. The van der Waals surface area contributed by atoms with Crippen LogP contribution in [-0.4, -0.2) is 25.2 Å². The molecule has 1 aliphatic carbocycles. The first-order valence-electron chi connectivity index (χ1n) is 9.02. The van der Waals surface area contributed by atoms with Crippen molar-refractivity contribution in [2.75, 3.05) is 13.2 Å². The lowest BCUT2D eigenvalue weighted by atomic mass is 9.96. The van der Waals surface area contributed by atoms with Gasteiger partial charge < -0.3 is 15.4 Å². The number of nitrogens with one attached hydrogen (secondary N) is 2. The van der Waals surface area contributed by atoms with Gasteiger partial charge in [-0.25, -0.2) is 4.99 Å². The molecule has 0 amide bonds. The third-order valence-electron chi connectivity index (χ3n) is 4.28. The molecule has 0 unspecified atom stereocenters. The monoisotopic (exact) mass is 445 g/mol. The van der Waals surface area contributed by atoms with Crippen LogP contribution in [0.4, 0.5) is 0 Å². The molecule has 0 spiro atoms. The summed E-state index contributed by atoms with van der Waals surface area (Å²) in [6.07, 6.45) is 6.54. The van der Waals surface area contributed by atoms with Crippen LogP contribution < -0.4 is 10.6 Å². The van der Waals surface area contributed by atoms with Gasteiger partial charge in [0.1, 0.15) is 0 Å². The lowest BCUT2D eigenvalue weighted by molar-refractivity contribution is 0.133. The summed E-state index contributed by atoms with van der Waals surface area (Å²) in [5.41, 5.74) is 2.47. The molecule has 2 rings (SSSR count). The van der Waals surface area contributed by atoms with E-state index >= 15 is 0 Å². The van der Waals surface area contributed by atoms with Crippen molar-refractivity contribution in [2.24, 2.45) is 4.99 Å². The van der Waals surface area contributed by atoms with E-state index in [0.29, 0.717) is 19.2 Å². The van der Waals surface area contributed by atoms with Crippen LogP contribution in [0.2, 0.25) is 0 Å². The van der Waals surface area contributed by atoms with E-state index in [9.17, 15) is 0 Å². The topological polar surface area (TPSA) is 45.7 Å². The summed E-state index contributed by atoms with van der Waals surface area (Å²) >= 11 is 0. The fourth-order valence-electron chi connectivity index (χ4n) is 2.99. The molecule has 1 aliphatic rings. The van der Waals surface area contributed by atoms with Gasteiger partial charge in [0.05, 0.1) is 13.2 Å². The van der Waals surface area contributed by atoms with E-state index in [2.05, 4.69) is 41.8 Å². The van der Waals surface area contributed by atoms with Crippen LogP contribution in [0.3, 0.4) is 0 Å². The predicted octanol–water partition coefficient (Wildman–Crippen LogP) is 4.23. The highest BCUT2D eigenvalue weighted by molar-refractivity contribution is 14.0. The summed E-state index contributed by atoms with van der Waals surface area (Å²) in [6.45, 7) is 7.11. The molecule has 0 radical (unpaired) electrons. The second-order valence-corrected chi connectivity index (χ2v) is 6.08. The number of hydrogen-bond acceptors (Lipinski definition) is 2. The molecule has 24 heavy (non-hydrogen) atoms. The van der Waals surface area contributed by atoms with E-state index in [0.717, 1.165) is 19.1 Å². The SMILES string of the molecule is CCNC(=NCc1ccccc1COCC)NC1CCCCC1.I. The van der Waals surface area contributed by atoms with E-state index in [1.807, 2.05) is 6.92 Å². The summed E-state index contributed by atoms with van der Waals surface area (Å²) in [4.78, 5) is 4.79. The van der Waals surface area contributed by atoms with Gasteiger partial charge in [0, 0.05) is 19.2 Å². The average molecular weight is 445 g/mol. The number of halogens is 1. The van der Waals surface area contributed by atoms with Crippen LogP contribution in [0.25, 0.3) is 0 Å². The Morgan fingerprint density at radius 3 is 2.50 bits per heavy atom. The smallest absolute Gasteiger partial charge is 0.191 e. The molecule has 1 fully saturated rings. The van der Waals surface area contributed by atoms with Gasteiger partial charge in [-0.1, -0.05) is 43.5 Å². The van der Waals surface area contributed by atoms with Gasteiger partial charge in [0.15, 0.2) is 5.96 Å². The first kappa shape index (κ1) is 21.2. The third-order valence-corrected chi connectivity index (χ3v) is 4.28. The maximum atomic E-state index is 5.56. The first-order valence-corrected chi connectivity index (χ1v) is 9.02. The Hall–Kier alpha value is -0.820. The van der Waals surface area contributed by atoms with Crippen LogP contribution in [0.5, 0.6) is 0 Å². The molecule has 136 valence electrons. The number of ether oxygens (including phenoxy) is 1. The van der Waals surface area contributed by atoms with Crippen LogP contribution in [-0.2, 0) is 17.9 Å². The third kappa shape index (κ3) is 7.38. The minimum atomic E-state index is 0. The van der Waals surface area contributed by atoms with Gasteiger partial charge in [-0.3, -0.25) is 0 Å². The number of aliphatic imine (C=N–C) groups is 1. The maximum Gasteiger partial charge on any atom is 0.191 e. The van der Waals surface area contributed by atoms with Crippen molar-refractivity contribution >= 4 is 29.9 Å². The van der Waals surface area contributed by atoms with E-state index in [1.54, 1.807) is 0 Å². The first-order chi connectivity index (χ1) is 11.3. The molecule has 1 aromatic carbocycles. The van der Waals surface area contributed by atoms with E-state index in [4.69, 9.17) is 9.73 Å². The molecular weight excluding hydrogens is 413 g/mol. The zero-order chi connectivity index (χ0) is 16.3. The summed E-state index contributed by atoms with van der Waals surface area (Å²) in [5.74, 6) is 0.936. The van der Waals surface area contributed by atoms with Gasteiger partial charge in [-0.2, -0.15) is 0 Å². The number of rotatable bonds is 7. The molecule has 1 saturated carbocycles. The second-order valence-electron chi connectivity index (χ2n) is 6.08. The van der Waals surface area contributed by atoms with Crippen molar-refractivity contribution in [3.05, 3.63) is 35.4 Å².